The number of carbonyl (C=O) groups excluding carboxylic acids is 2. The number of nitrogens with one attached hydrogen (secondary N) is 2. The average molecular weight is 311 g/mol. The zero-order valence-electron chi connectivity index (χ0n) is 12.5. The van der Waals surface area contributed by atoms with E-state index in [1.165, 1.54) is 0 Å². The molecule has 118 valence electrons. The van der Waals surface area contributed by atoms with Crippen LogP contribution in [0.2, 0.25) is 0 Å². The molecule has 0 spiro atoms. The Morgan fingerprint density at radius 2 is 2.00 bits per heavy atom. The quantitative estimate of drug-likeness (QED) is 0.616. The predicted molar refractivity (Wildman–Crippen MR) is 84.2 cm³/mol. The number of carbonyl (C=O) groups is 2. The first kappa shape index (κ1) is 16.2. The fraction of sp³-hybridized carbons (Fsp3) is 0.250. The van der Waals surface area contributed by atoms with Crippen LogP contribution in [0.25, 0.3) is 0 Å². The molecule has 0 aliphatic carbocycles. The number of nitriles is 1. The van der Waals surface area contributed by atoms with Gasteiger partial charge in [0.25, 0.3) is 0 Å². The molecule has 7 nitrogen and oxygen atoms in total. The highest BCUT2D eigenvalue weighted by molar-refractivity contribution is 6.39. The van der Waals surface area contributed by atoms with Crippen LogP contribution in [0.5, 0.6) is 0 Å². The lowest BCUT2D eigenvalue weighted by atomic mass is 10.1. The summed E-state index contributed by atoms with van der Waals surface area (Å²) in [6.07, 6.45) is 4.52. The van der Waals surface area contributed by atoms with E-state index in [2.05, 4.69) is 15.7 Å². The van der Waals surface area contributed by atoms with Gasteiger partial charge in [0, 0.05) is 31.2 Å². The van der Waals surface area contributed by atoms with Crippen LogP contribution in [-0.2, 0) is 22.6 Å². The summed E-state index contributed by atoms with van der Waals surface area (Å²) < 4.78 is 1.76. The van der Waals surface area contributed by atoms with Crippen molar-refractivity contribution >= 4 is 17.5 Å². The maximum atomic E-state index is 11.8. The molecular formula is C16H17N5O2. The van der Waals surface area contributed by atoms with Crippen molar-refractivity contribution in [2.75, 3.05) is 11.9 Å². The number of amides is 2. The SMILES string of the molecule is N#CCc1ccc(NC(=O)C(=O)NCCCn2cccn2)cc1. The molecule has 0 radical (unpaired) electrons. The highest BCUT2D eigenvalue weighted by Crippen LogP contribution is 2.09. The van der Waals surface area contributed by atoms with Gasteiger partial charge in [-0.3, -0.25) is 14.3 Å². The molecule has 0 saturated carbocycles. The molecule has 7 heteroatoms. The Bertz CT molecular complexity index is 686. The van der Waals surface area contributed by atoms with Gasteiger partial charge < -0.3 is 10.6 Å². The third kappa shape index (κ3) is 5.28. The standard InChI is InChI=1S/C16H17N5O2/c17-8-7-13-3-5-14(6-4-13)20-16(23)15(22)18-9-1-11-21-12-2-10-19-21/h2-6,10,12H,1,7,9,11H2,(H,18,22)(H,20,23). The number of benzene rings is 1. The van der Waals surface area contributed by atoms with Crippen molar-refractivity contribution in [1.29, 1.82) is 5.26 Å². The van der Waals surface area contributed by atoms with E-state index in [9.17, 15) is 9.59 Å². The highest BCUT2D eigenvalue weighted by Gasteiger charge is 2.12. The van der Waals surface area contributed by atoms with Gasteiger partial charge >= 0.3 is 11.8 Å². The number of aryl methyl sites for hydroxylation is 1. The van der Waals surface area contributed by atoms with Gasteiger partial charge in [0.05, 0.1) is 12.5 Å². The lowest BCUT2D eigenvalue weighted by Crippen LogP contribution is -2.36. The smallest absolute Gasteiger partial charge is 0.313 e. The normalized spacial score (nSPS) is 9.87. The largest absolute Gasteiger partial charge is 0.348 e. The van der Waals surface area contributed by atoms with Crippen molar-refractivity contribution in [3.05, 3.63) is 48.3 Å². The average Bonchev–Trinajstić information content (AvgIpc) is 3.07. The lowest BCUT2D eigenvalue weighted by molar-refractivity contribution is -0.136. The molecular weight excluding hydrogens is 294 g/mol. The number of hydrogen-bond donors (Lipinski definition) is 2. The summed E-state index contributed by atoms with van der Waals surface area (Å²) in [4.78, 5) is 23.4. The molecule has 0 aliphatic rings. The Morgan fingerprint density at radius 1 is 1.22 bits per heavy atom. The van der Waals surface area contributed by atoms with Crippen LogP contribution in [0.4, 0.5) is 5.69 Å². The van der Waals surface area contributed by atoms with Gasteiger partial charge in [0.1, 0.15) is 0 Å². The minimum absolute atomic E-state index is 0.310. The summed E-state index contributed by atoms with van der Waals surface area (Å²) in [6.45, 7) is 1.07. The zero-order valence-corrected chi connectivity index (χ0v) is 12.5. The Balaban J connectivity index is 1.71. The second-order valence-electron chi connectivity index (χ2n) is 4.86. The Labute approximate surface area is 133 Å². The van der Waals surface area contributed by atoms with Gasteiger partial charge in [-0.25, -0.2) is 0 Å². The first-order valence-corrected chi connectivity index (χ1v) is 7.21. The van der Waals surface area contributed by atoms with Gasteiger partial charge in [0.15, 0.2) is 0 Å². The molecule has 2 amide bonds. The fourth-order valence-electron chi connectivity index (χ4n) is 1.94. The van der Waals surface area contributed by atoms with Crippen LogP contribution in [0, 0.1) is 11.3 Å². The molecule has 0 saturated heterocycles. The number of aromatic nitrogens is 2. The van der Waals surface area contributed by atoms with E-state index in [1.807, 2.05) is 18.3 Å². The molecule has 1 aromatic heterocycles. The molecule has 2 aromatic rings. The van der Waals surface area contributed by atoms with E-state index < -0.39 is 11.8 Å². The van der Waals surface area contributed by atoms with Crippen LogP contribution in [0.3, 0.4) is 0 Å². The molecule has 2 rings (SSSR count). The van der Waals surface area contributed by atoms with Crippen LogP contribution in [0.15, 0.2) is 42.7 Å². The molecule has 1 aromatic carbocycles. The van der Waals surface area contributed by atoms with Crippen molar-refractivity contribution in [2.45, 2.75) is 19.4 Å². The molecule has 23 heavy (non-hydrogen) atoms. The molecule has 0 aliphatic heterocycles. The van der Waals surface area contributed by atoms with Crippen molar-refractivity contribution in [1.82, 2.24) is 15.1 Å². The molecule has 0 atom stereocenters. The van der Waals surface area contributed by atoms with E-state index >= 15 is 0 Å². The van der Waals surface area contributed by atoms with E-state index in [-0.39, 0.29) is 0 Å². The second kappa shape index (κ2) is 8.34. The molecule has 0 fully saturated rings. The van der Waals surface area contributed by atoms with Crippen molar-refractivity contribution in [2.24, 2.45) is 0 Å². The summed E-state index contributed by atoms with van der Waals surface area (Å²) in [5.74, 6) is -1.39. The van der Waals surface area contributed by atoms with Crippen LogP contribution in [0.1, 0.15) is 12.0 Å². The highest BCUT2D eigenvalue weighted by atomic mass is 16.2. The number of rotatable bonds is 6. The second-order valence-corrected chi connectivity index (χ2v) is 4.86. The van der Waals surface area contributed by atoms with E-state index in [1.54, 1.807) is 35.1 Å². The van der Waals surface area contributed by atoms with Gasteiger partial charge in [0.2, 0.25) is 0 Å². The first-order chi connectivity index (χ1) is 11.2. The van der Waals surface area contributed by atoms with Crippen molar-refractivity contribution < 1.29 is 9.59 Å². The predicted octanol–water partition coefficient (Wildman–Crippen LogP) is 1.09. The lowest BCUT2D eigenvalue weighted by Gasteiger charge is -2.07. The van der Waals surface area contributed by atoms with Gasteiger partial charge in [-0.05, 0) is 30.2 Å². The van der Waals surface area contributed by atoms with Gasteiger partial charge in [-0.2, -0.15) is 10.4 Å². The van der Waals surface area contributed by atoms with Gasteiger partial charge in [-0.15, -0.1) is 0 Å². The van der Waals surface area contributed by atoms with Crippen LogP contribution in [-0.4, -0.2) is 28.1 Å². The first-order valence-electron chi connectivity index (χ1n) is 7.21. The maximum absolute atomic E-state index is 11.8. The summed E-state index contributed by atoms with van der Waals surface area (Å²) in [5, 5.41) is 17.7. The van der Waals surface area contributed by atoms with Crippen molar-refractivity contribution in [3.8, 4) is 6.07 Å². The zero-order chi connectivity index (χ0) is 16.5. The minimum Gasteiger partial charge on any atom is -0.348 e. The monoisotopic (exact) mass is 311 g/mol. The van der Waals surface area contributed by atoms with Gasteiger partial charge in [-0.1, -0.05) is 12.1 Å². The van der Waals surface area contributed by atoms with Crippen LogP contribution < -0.4 is 10.6 Å². The summed E-state index contributed by atoms with van der Waals surface area (Å²) >= 11 is 0. The van der Waals surface area contributed by atoms with E-state index in [0.29, 0.717) is 31.6 Å². The van der Waals surface area contributed by atoms with E-state index in [4.69, 9.17) is 5.26 Å². The number of anilines is 1. The Hall–Kier alpha value is -3.14. The molecule has 2 N–H and O–H groups in total. The number of hydrogen-bond acceptors (Lipinski definition) is 4. The Morgan fingerprint density at radius 3 is 2.65 bits per heavy atom. The minimum atomic E-state index is -0.711. The molecule has 0 bridgehead atoms. The fourth-order valence-corrected chi connectivity index (χ4v) is 1.94. The summed E-state index contributed by atoms with van der Waals surface area (Å²) in [5.41, 5.74) is 1.37. The molecule has 1 heterocycles. The maximum Gasteiger partial charge on any atom is 0.313 e. The molecule has 0 unspecified atom stereocenters. The summed E-state index contributed by atoms with van der Waals surface area (Å²) in [7, 11) is 0. The summed E-state index contributed by atoms with van der Waals surface area (Å²) in [6, 6.07) is 10.7. The third-order valence-electron chi connectivity index (χ3n) is 3.11. The van der Waals surface area contributed by atoms with Crippen molar-refractivity contribution in [3.63, 3.8) is 0 Å². The number of nitrogens with zero attached hydrogens (tertiary/aromatic N) is 3. The Kier molecular flexibility index (Phi) is 5.89. The van der Waals surface area contributed by atoms with Crippen LogP contribution >= 0.6 is 0 Å². The third-order valence-corrected chi connectivity index (χ3v) is 3.11. The topological polar surface area (TPSA) is 99.8 Å². The van der Waals surface area contributed by atoms with E-state index in [0.717, 1.165) is 5.56 Å².